The topological polar surface area (TPSA) is 67.8 Å². The van der Waals surface area contributed by atoms with E-state index >= 15 is 0 Å². The number of benzene rings is 1. The third-order valence-electron chi connectivity index (χ3n) is 4.13. The maximum absolute atomic E-state index is 6.35. The van der Waals surface area contributed by atoms with Crippen molar-refractivity contribution < 1.29 is 9.47 Å². The summed E-state index contributed by atoms with van der Waals surface area (Å²) in [5.41, 5.74) is 1.01. The number of aromatic nitrogens is 1. The zero-order chi connectivity index (χ0) is 19.1. The molecule has 0 radical (unpaired) electrons. The van der Waals surface area contributed by atoms with Gasteiger partial charge >= 0.3 is 0 Å². The van der Waals surface area contributed by atoms with Crippen molar-refractivity contribution in [2.75, 3.05) is 26.8 Å². The summed E-state index contributed by atoms with van der Waals surface area (Å²) in [5.74, 6) is 2.08. The summed E-state index contributed by atoms with van der Waals surface area (Å²) in [5, 5.41) is 8.34. The Labute approximate surface area is 169 Å². The fraction of sp³-hybridized carbons (Fsp3) is 0.474. The average Bonchev–Trinajstić information content (AvgIpc) is 3.00. The first kappa shape index (κ1) is 19.8. The van der Waals surface area contributed by atoms with Gasteiger partial charge in [-0.2, -0.15) is 0 Å². The van der Waals surface area contributed by atoms with Crippen LogP contribution in [0.25, 0.3) is 0 Å². The number of nitrogens with one attached hydrogen (secondary N) is 2. The quantitative estimate of drug-likeness (QED) is 0.566. The number of nitrogens with zero attached hydrogens (tertiary/aromatic N) is 2. The molecule has 2 N–H and O–H groups in total. The molecule has 3 rings (SSSR count). The molecule has 0 unspecified atom stereocenters. The van der Waals surface area contributed by atoms with Crippen molar-refractivity contribution in [3.63, 3.8) is 0 Å². The van der Waals surface area contributed by atoms with Crippen LogP contribution in [0, 0.1) is 0 Å². The number of rotatable bonds is 6. The van der Waals surface area contributed by atoms with Crippen LogP contribution in [-0.2, 0) is 19.4 Å². The summed E-state index contributed by atoms with van der Waals surface area (Å²) < 4.78 is 11.4. The summed E-state index contributed by atoms with van der Waals surface area (Å²) in [6, 6.07) is 3.87. The molecule has 0 bridgehead atoms. The lowest BCUT2D eigenvalue weighted by Crippen LogP contribution is -2.37. The number of hydrogen-bond donors (Lipinski definition) is 2. The number of aryl methyl sites for hydroxylation is 1. The maximum Gasteiger partial charge on any atom is 0.191 e. The van der Waals surface area contributed by atoms with Crippen molar-refractivity contribution in [2.24, 2.45) is 4.99 Å². The Morgan fingerprint density at radius 3 is 2.93 bits per heavy atom. The monoisotopic (exact) mass is 408 g/mol. The summed E-state index contributed by atoms with van der Waals surface area (Å²) in [6.45, 7) is 4.78. The van der Waals surface area contributed by atoms with Crippen LogP contribution in [0.4, 0.5) is 0 Å². The molecule has 0 fully saturated rings. The van der Waals surface area contributed by atoms with E-state index in [4.69, 9.17) is 21.1 Å². The smallest absolute Gasteiger partial charge is 0.191 e. The number of guanidine groups is 1. The molecule has 27 heavy (non-hydrogen) atoms. The van der Waals surface area contributed by atoms with Gasteiger partial charge in [-0.1, -0.05) is 18.5 Å². The fourth-order valence-corrected chi connectivity index (χ4v) is 3.86. The zero-order valence-corrected chi connectivity index (χ0v) is 17.3. The van der Waals surface area contributed by atoms with E-state index < -0.39 is 0 Å². The van der Waals surface area contributed by atoms with E-state index in [2.05, 4.69) is 27.5 Å². The second-order valence-electron chi connectivity index (χ2n) is 6.13. The second-order valence-corrected chi connectivity index (χ2v) is 7.74. The number of halogens is 1. The van der Waals surface area contributed by atoms with Gasteiger partial charge < -0.3 is 20.1 Å². The van der Waals surface area contributed by atoms with Gasteiger partial charge in [0.05, 0.1) is 23.2 Å². The molecule has 6 nitrogen and oxygen atoms in total. The van der Waals surface area contributed by atoms with E-state index in [9.17, 15) is 0 Å². The van der Waals surface area contributed by atoms with Gasteiger partial charge in [0.1, 0.15) is 0 Å². The molecule has 0 aliphatic carbocycles. The van der Waals surface area contributed by atoms with Gasteiger partial charge in [-0.3, -0.25) is 4.99 Å². The van der Waals surface area contributed by atoms with Gasteiger partial charge in [0.25, 0.3) is 0 Å². The molecule has 0 saturated carbocycles. The Morgan fingerprint density at radius 2 is 2.15 bits per heavy atom. The van der Waals surface area contributed by atoms with Gasteiger partial charge in [0.15, 0.2) is 17.5 Å². The molecule has 1 aromatic heterocycles. The van der Waals surface area contributed by atoms with E-state index in [1.165, 1.54) is 4.88 Å². The van der Waals surface area contributed by atoms with Crippen molar-refractivity contribution in [2.45, 2.75) is 32.7 Å². The van der Waals surface area contributed by atoms with Gasteiger partial charge in [0, 0.05) is 44.1 Å². The van der Waals surface area contributed by atoms with Crippen LogP contribution in [0.2, 0.25) is 5.02 Å². The van der Waals surface area contributed by atoms with E-state index in [-0.39, 0.29) is 0 Å². The molecule has 1 aromatic carbocycles. The molecular formula is C19H25ClN4O2S. The largest absolute Gasteiger partial charge is 0.489 e. The molecule has 0 saturated heterocycles. The lowest BCUT2D eigenvalue weighted by molar-refractivity contribution is 0.297. The first-order chi connectivity index (χ1) is 13.2. The van der Waals surface area contributed by atoms with Crippen LogP contribution < -0.4 is 20.1 Å². The lowest BCUT2D eigenvalue weighted by Gasteiger charge is -2.14. The summed E-state index contributed by atoms with van der Waals surface area (Å²) in [4.78, 5) is 10.0. The minimum absolute atomic E-state index is 0.574. The average molecular weight is 409 g/mol. The van der Waals surface area contributed by atoms with Crippen LogP contribution in [0.1, 0.15) is 28.8 Å². The highest BCUT2D eigenvalue weighted by Crippen LogP contribution is 2.37. The van der Waals surface area contributed by atoms with Crippen molar-refractivity contribution in [3.05, 3.63) is 38.8 Å². The predicted molar refractivity (Wildman–Crippen MR) is 110 cm³/mol. The van der Waals surface area contributed by atoms with Gasteiger partial charge in [-0.05, 0) is 24.1 Å². The van der Waals surface area contributed by atoms with Crippen LogP contribution in [0.3, 0.4) is 0 Å². The SMILES string of the molecule is CCc1cnc(CCNC(=NC)NCc2cc(Cl)c3c(c2)OCCCO3)s1. The molecule has 1 aliphatic rings. The van der Waals surface area contributed by atoms with Crippen LogP contribution >= 0.6 is 22.9 Å². The first-order valence-corrected chi connectivity index (χ1v) is 10.3. The molecule has 0 amide bonds. The minimum Gasteiger partial charge on any atom is -0.489 e. The Balaban J connectivity index is 1.52. The number of aliphatic imine (C=N–C) groups is 1. The number of hydrogen-bond acceptors (Lipinski definition) is 5. The highest BCUT2D eigenvalue weighted by Gasteiger charge is 2.15. The molecule has 0 spiro atoms. The van der Waals surface area contributed by atoms with Gasteiger partial charge in [-0.15, -0.1) is 11.3 Å². The second kappa shape index (κ2) is 9.80. The van der Waals surface area contributed by atoms with E-state index in [0.29, 0.717) is 36.3 Å². The maximum atomic E-state index is 6.35. The summed E-state index contributed by atoms with van der Waals surface area (Å²) >= 11 is 8.12. The van der Waals surface area contributed by atoms with Crippen molar-refractivity contribution >= 4 is 28.9 Å². The Hall–Kier alpha value is -1.99. The van der Waals surface area contributed by atoms with Crippen LogP contribution in [-0.4, -0.2) is 37.7 Å². The van der Waals surface area contributed by atoms with E-state index in [0.717, 1.165) is 42.3 Å². The summed E-state index contributed by atoms with van der Waals surface area (Å²) in [7, 11) is 1.76. The van der Waals surface area contributed by atoms with E-state index in [1.807, 2.05) is 18.3 Å². The van der Waals surface area contributed by atoms with Crippen molar-refractivity contribution in [1.29, 1.82) is 0 Å². The fourth-order valence-electron chi connectivity index (χ4n) is 2.71. The molecule has 2 heterocycles. The molecule has 1 aliphatic heterocycles. The van der Waals surface area contributed by atoms with Crippen molar-refractivity contribution in [3.8, 4) is 11.5 Å². The normalized spacial score (nSPS) is 14.0. The van der Waals surface area contributed by atoms with E-state index in [1.54, 1.807) is 18.4 Å². The lowest BCUT2D eigenvalue weighted by atomic mass is 10.2. The standard InChI is InChI=1S/C19H25ClN4O2S/c1-3-14-12-23-17(27-14)5-6-22-19(21-2)24-11-13-9-15(20)18-16(10-13)25-7-4-8-26-18/h9-10,12H,3-8,11H2,1-2H3,(H2,21,22,24). The van der Waals surface area contributed by atoms with Crippen LogP contribution in [0.5, 0.6) is 11.5 Å². The highest BCUT2D eigenvalue weighted by atomic mass is 35.5. The molecule has 0 atom stereocenters. The zero-order valence-electron chi connectivity index (χ0n) is 15.7. The first-order valence-electron chi connectivity index (χ1n) is 9.15. The third-order valence-corrected chi connectivity index (χ3v) is 5.61. The van der Waals surface area contributed by atoms with Gasteiger partial charge in [0.2, 0.25) is 0 Å². The molecule has 146 valence electrons. The van der Waals surface area contributed by atoms with Gasteiger partial charge in [-0.25, -0.2) is 4.98 Å². The third kappa shape index (κ3) is 5.49. The number of thiazole rings is 1. The van der Waals surface area contributed by atoms with Crippen LogP contribution in [0.15, 0.2) is 23.3 Å². The predicted octanol–water partition coefficient (Wildman–Crippen LogP) is 3.43. The minimum atomic E-state index is 0.574. The molecule has 2 aromatic rings. The highest BCUT2D eigenvalue weighted by molar-refractivity contribution is 7.11. The Kier molecular flexibility index (Phi) is 7.18. The Bertz CT molecular complexity index is 794. The number of fused-ring (bicyclic) bond motifs is 1. The Morgan fingerprint density at radius 1 is 1.30 bits per heavy atom. The molecular weight excluding hydrogens is 384 g/mol. The summed E-state index contributed by atoms with van der Waals surface area (Å²) in [6.07, 6.45) is 4.72. The number of ether oxygens (including phenoxy) is 2. The van der Waals surface area contributed by atoms with Crippen molar-refractivity contribution in [1.82, 2.24) is 15.6 Å². The molecule has 8 heteroatoms.